The number of rotatable bonds is 7. The molecule has 0 radical (unpaired) electrons. The molecule has 2 aromatic carbocycles. The van der Waals surface area contributed by atoms with Crippen LogP contribution in [0, 0.1) is 17.2 Å². The zero-order chi connectivity index (χ0) is 24.2. The van der Waals surface area contributed by atoms with Crippen molar-refractivity contribution in [3.8, 4) is 22.9 Å². The van der Waals surface area contributed by atoms with E-state index in [9.17, 15) is 18.8 Å². The fraction of sp³-hybridized carbons (Fsp3) is 0.480. The van der Waals surface area contributed by atoms with E-state index in [1.807, 2.05) is 20.0 Å². The molecule has 1 N–H and O–H groups in total. The molecule has 33 heavy (non-hydrogen) atoms. The van der Waals surface area contributed by atoms with E-state index in [-0.39, 0.29) is 30.1 Å². The topological polar surface area (TPSA) is 93.9 Å². The molecule has 1 aliphatic rings. The van der Waals surface area contributed by atoms with Crippen LogP contribution in [-0.2, 0) is 10.0 Å². The Morgan fingerprint density at radius 1 is 1.27 bits per heavy atom. The molecule has 3 rings (SSSR count). The molecule has 0 unspecified atom stereocenters. The van der Waals surface area contributed by atoms with E-state index in [0.717, 1.165) is 24.1 Å². The molecular weight excluding hydrogens is 438 g/mol. The van der Waals surface area contributed by atoms with Crippen LogP contribution in [0.3, 0.4) is 0 Å². The molecule has 0 saturated carbocycles. The SMILES string of the molecule is CCCN(C)C[C@@H]1Oc2cc(-c3cccc(C#N)c3)ccc2S(=O)(=O)N([C@H](C)CO)C[C@@H]1C. The van der Waals surface area contributed by atoms with Gasteiger partial charge in [0, 0.05) is 25.0 Å². The fourth-order valence-electron chi connectivity index (χ4n) is 4.17. The highest BCUT2D eigenvalue weighted by molar-refractivity contribution is 7.89. The molecule has 0 fully saturated rings. The van der Waals surface area contributed by atoms with Crippen LogP contribution in [0.25, 0.3) is 11.1 Å². The van der Waals surface area contributed by atoms with Crippen LogP contribution in [0.2, 0.25) is 0 Å². The first-order valence-electron chi connectivity index (χ1n) is 11.3. The monoisotopic (exact) mass is 471 g/mol. The lowest BCUT2D eigenvalue weighted by Crippen LogP contribution is -2.49. The largest absolute Gasteiger partial charge is 0.487 e. The zero-order valence-corrected chi connectivity index (χ0v) is 20.5. The molecule has 1 aliphatic heterocycles. The average Bonchev–Trinajstić information content (AvgIpc) is 2.80. The van der Waals surface area contributed by atoms with E-state index in [1.54, 1.807) is 43.3 Å². The lowest BCUT2D eigenvalue weighted by molar-refractivity contribution is 0.0753. The first-order valence-corrected chi connectivity index (χ1v) is 12.8. The van der Waals surface area contributed by atoms with Gasteiger partial charge in [-0.25, -0.2) is 8.42 Å². The Labute approximate surface area is 197 Å². The standard InChI is InChI=1S/C25H33N3O4S/c1-5-11-27(4)16-24-18(2)15-28(19(3)17-29)33(30,31)25-10-9-22(13-23(25)32-24)21-8-6-7-20(12-21)14-26/h6-10,12-13,18-19,24,29H,5,11,15-17H2,1-4H3/t18-,19+,24-/m0/s1. The maximum Gasteiger partial charge on any atom is 0.247 e. The number of aliphatic hydroxyl groups is 1. The molecule has 2 aromatic rings. The van der Waals surface area contributed by atoms with E-state index in [2.05, 4.69) is 17.9 Å². The molecule has 178 valence electrons. The van der Waals surface area contributed by atoms with Crippen LogP contribution in [0.1, 0.15) is 32.8 Å². The summed E-state index contributed by atoms with van der Waals surface area (Å²) in [6.45, 7) is 7.39. The van der Waals surface area contributed by atoms with Crippen LogP contribution < -0.4 is 4.74 Å². The van der Waals surface area contributed by atoms with Crippen molar-refractivity contribution in [2.45, 2.75) is 44.2 Å². The summed E-state index contributed by atoms with van der Waals surface area (Å²) in [6.07, 6.45) is 0.778. The van der Waals surface area contributed by atoms with Crippen molar-refractivity contribution in [2.24, 2.45) is 5.92 Å². The van der Waals surface area contributed by atoms with Crippen molar-refractivity contribution in [3.63, 3.8) is 0 Å². The van der Waals surface area contributed by atoms with Gasteiger partial charge in [-0.15, -0.1) is 0 Å². The quantitative estimate of drug-likeness (QED) is 0.666. The number of fused-ring (bicyclic) bond motifs is 1. The van der Waals surface area contributed by atoms with Crippen molar-refractivity contribution >= 4 is 10.0 Å². The summed E-state index contributed by atoms with van der Waals surface area (Å²) < 4.78 is 35.0. The summed E-state index contributed by atoms with van der Waals surface area (Å²) in [6, 6.07) is 13.8. The summed E-state index contributed by atoms with van der Waals surface area (Å²) in [5.41, 5.74) is 2.12. The second-order valence-corrected chi connectivity index (χ2v) is 10.7. The van der Waals surface area contributed by atoms with Crippen molar-refractivity contribution in [1.82, 2.24) is 9.21 Å². The number of nitrogens with zero attached hydrogens (tertiary/aromatic N) is 3. The van der Waals surface area contributed by atoms with Gasteiger partial charge in [0.2, 0.25) is 10.0 Å². The summed E-state index contributed by atoms with van der Waals surface area (Å²) >= 11 is 0. The number of benzene rings is 2. The lowest BCUT2D eigenvalue weighted by Gasteiger charge is -2.37. The zero-order valence-electron chi connectivity index (χ0n) is 19.7. The third-order valence-electron chi connectivity index (χ3n) is 6.09. The minimum atomic E-state index is -3.88. The third-order valence-corrected chi connectivity index (χ3v) is 8.11. The van der Waals surface area contributed by atoms with Crippen LogP contribution in [0.4, 0.5) is 0 Å². The second kappa shape index (κ2) is 10.7. The van der Waals surface area contributed by atoms with Gasteiger partial charge in [-0.3, -0.25) is 0 Å². The van der Waals surface area contributed by atoms with E-state index in [1.165, 1.54) is 4.31 Å². The maximum absolute atomic E-state index is 13.6. The molecule has 0 aromatic heterocycles. The van der Waals surface area contributed by atoms with Crippen molar-refractivity contribution in [1.29, 1.82) is 5.26 Å². The molecule has 0 spiro atoms. The first kappa shape index (κ1) is 25.2. The predicted molar refractivity (Wildman–Crippen MR) is 128 cm³/mol. The number of hydrogen-bond donors (Lipinski definition) is 1. The molecule has 0 bridgehead atoms. The average molecular weight is 472 g/mol. The Bertz CT molecular complexity index is 1110. The normalized spacial score (nSPS) is 21.4. The smallest absolute Gasteiger partial charge is 0.247 e. The summed E-state index contributed by atoms with van der Waals surface area (Å²) in [7, 11) is -1.84. The molecule has 8 heteroatoms. The van der Waals surface area contributed by atoms with E-state index in [4.69, 9.17) is 4.74 Å². The van der Waals surface area contributed by atoms with E-state index < -0.39 is 16.1 Å². The number of sulfonamides is 1. The minimum absolute atomic E-state index is 0.0909. The Kier molecular flexibility index (Phi) is 8.14. The molecular formula is C25H33N3O4S. The Morgan fingerprint density at radius 3 is 2.67 bits per heavy atom. The summed E-state index contributed by atoms with van der Waals surface area (Å²) in [5, 5.41) is 19.0. The third kappa shape index (κ3) is 5.56. The van der Waals surface area contributed by atoms with Gasteiger partial charge in [-0.1, -0.05) is 32.0 Å². The van der Waals surface area contributed by atoms with Gasteiger partial charge in [-0.05, 0) is 62.3 Å². The Balaban J connectivity index is 2.12. The number of hydrogen-bond acceptors (Lipinski definition) is 6. The molecule has 7 nitrogen and oxygen atoms in total. The van der Waals surface area contributed by atoms with Crippen molar-refractivity contribution < 1.29 is 18.3 Å². The van der Waals surface area contributed by atoms with Gasteiger partial charge in [-0.2, -0.15) is 9.57 Å². The highest BCUT2D eigenvalue weighted by atomic mass is 32.2. The summed E-state index contributed by atoms with van der Waals surface area (Å²) in [4.78, 5) is 2.29. The van der Waals surface area contributed by atoms with Gasteiger partial charge >= 0.3 is 0 Å². The fourth-order valence-corrected chi connectivity index (χ4v) is 6.00. The van der Waals surface area contributed by atoms with Crippen LogP contribution in [0.15, 0.2) is 47.4 Å². The second-order valence-electron chi connectivity index (χ2n) is 8.86. The van der Waals surface area contributed by atoms with E-state index in [0.29, 0.717) is 17.9 Å². The molecule has 0 amide bonds. The van der Waals surface area contributed by atoms with Crippen LogP contribution >= 0.6 is 0 Å². The van der Waals surface area contributed by atoms with Gasteiger partial charge in [0.1, 0.15) is 16.7 Å². The number of aliphatic hydroxyl groups excluding tert-OH is 1. The molecule has 0 aliphatic carbocycles. The maximum atomic E-state index is 13.6. The number of ether oxygens (including phenoxy) is 1. The van der Waals surface area contributed by atoms with E-state index >= 15 is 0 Å². The highest BCUT2D eigenvalue weighted by Crippen LogP contribution is 2.36. The lowest BCUT2D eigenvalue weighted by atomic mass is 10.0. The van der Waals surface area contributed by atoms with Crippen LogP contribution in [-0.4, -0.2) is 68.2 Å². The highest BCUT2D eigenvalue weighted by Gasteiger charge is 2.38. The molecule has 1 heterocycles. The summed E-state index contributed by atoms with van der Waals surface area (Å²) in [5.74, 6) is 0.207. The molecule has 3 atom stereocenters. The van der Waals surface area contributed by atoms with Crippen molar-refractivity contribution in [3.05, 3.63) is 48.0 Å². The first-order chi connectivity index (χ1) is 15.7. The molecule has 0 saturated heterocycles. The number of likely N-dealkylation sites (N-methyl/N-ethyl adjacent to an activating group) is 1. The van der Waals surface area contributed by atoms with Crippen LogP contribution in [0.5, 0.6) is 5.75 Å². The van der Waals surface area contributed by atoms with Gasteiger partial charge in [0.25, 0.3) is 0 Å². The number of nitriles is 1. The van der Waals surface area contributed by atoms with Crippen molar-refractivity contribution in [2.75, 3.05) is 33.3 Å². The minimum Gasteiger partial charge on any atom is -0.487 e. The Morgan fingerprint density at radius 2 is 2.00 bits per heavy atom. The van der Waals surface area contributed by atoms with Gasteiger partial charge < -0.3 is 14.7 Å². The van der Waals surface area contributed by atoms with Gasteiger partial charge in [0.05, 0.1) is 18.2 Å². The predicted octanol–water partition coefficient (Wildman–Crippen LogP) is 3.34. The van der Waals surface area contributed by atoms with Gasteiger partial charge in [0.15, 0.2) is 0 Å². The Hall–Kier alpha value is -2.44.